The van der Waals surface area contributed by atoms with Gasteiger partial charge in [0.1, 0.15) is 5.75 Å². The van der Waals surface area contributed by atoms with Gasteiger partial charge in [0.05, 0.1) is 34.5 Å². The van der Waals surface area contributed by atoms with Crippen LogP contribution in [0.2, 0.25) is 5.02 Å². The summed E-state index contributed by atoms with van der Waals surface area (Å²) >= 11 is 7.84. The minimum Gasteiger partial charge on any atom is -0.493 e. The number of ether oxygens (including phenoxy) is 1. The molecule has 1 aromatic heterocycles. The summed E-state index contributed by atoms with van der Waals surface area (Å²) in [5.41, 5.74) is 2.30. The number of thiazole rings is 1. The van der Waals surface area contributed by atoms with E-state index in [0.29, 0.717) is 36.1 Å². The van der Waals surface area contributed by atoms with Crippen LogP contribution in [0.4, 0.5) is 10.8 Å². The first kappa shape index (κ1) is 24.6. The number of para-hydroxylation sites is 2. The molecule has 1 aliphatic heterocycles. The van der Waals surface area contributed by atoms with Gasteiger partial charge >= 0.3 is 0 Å². The van der Waals surface area contributed by atoms with Crippen LogP contribution in [0.1, 0.15) is 46.6 Å². The van der Waals surface area contributed by atoms with Crippen molar-refractivity contribution in [3.05, 3.63) is 69.7 Å². The Hall–Kier alpha value is -3.10. The molecule has 2 heterocycles. The predicted molar refractivity (Wildman–Crippen MR) is 144 cm³/mol. The van der Waals surface area contributed by atoms with E-state index in [0.717, 1.165) is 53.6 Å². The van der Waals surface area contributed by atoms with Gasteiger partial charge in [0.25, 0.3) is 5.91 Å². The molecule has 1 unspecified atom stereocenters. The number of benzene rings is 2. The molecular formula is C27H29ClN4O3S. The van der Waals surface area contributed by atoms with Crippen LogP contribution in [0.3, 0.4) is 0 Å². The van der Waals surface area contributed by atoms with Crippen LogP contribution in [0.5, 0.6) is 5.75 Å². The molecule has 188 valence electrons. The Bertz CT molecular complexity index is 1260. The maximum Gasteiger partial charge on any atom is 0.261 e. The van der Waals surface area contributed by atoms with E-state index in [1.165, 1.54) is 11.3 Å². The first-order valence-electron chi connectivity index (χ1n) is 12.4. The molecule has 9 heteroatoms. The maximum absolute atomic E-state index is 13.5. The highest BCUT2D eigenvalue weighted by atomic mass is 35.5. The van der Waals surface area contributed by atoms with Crippen LogP contribution in [0.15, 0.2) is 48.5 Å². The van der Waals surface area contributed by atoms with Gasteiger partial charge in [-0.25, -0.2) is 4.98 Å². The fourth-order valence-electron chi connectivity index (χ4n) is 4.91. The number of carbonyl (C=O) groups is 2. The van der Waals surface area contributed by atoms with Gasteiger partial charge in [-0.1, -0.05) is 35.9 Å². The molecule has 2 aliphatic rings. The fraction of sp³-hybridized carbons (Fsp3) is 0.370. The number of amides is 2. The minimum atomic E-state index is -0.266. The van der Waals surface area contributed by atoms with E-state index >= 15 is 0 Å². The van der Waals surface area contributed by atoms with Crippen molar-refractivity contribution in [3.8, 4) is 5.75 Å². The molecular weight excluding hydrogens is 496 g/mol. The van der Waals surface area contributed by atoms with Crippen molar-refractivity contribution < 1.29 is 14.3 Å². The number of aromatic nitrogens is 1. The highest BCUT2D eigenvalue weighted by Gasteiger charge is 2.34. The van der Waals surface area contributed by atoms with Gasteiger partial charge < -0.3 is 14.5 Å². The molecule has 7 nitrogen and oxygen atoms in total. The Kier molecular flexibility index (Phi) is 7.43. The van der Waals surface area contributed by atoms with Crippen LogP contribution < -0.4 is 15.0 Å². The van der Waals surface area contributed by atoms with E-state index in [-0.39, 0.29) is 17.7 Å². The second-order valence-electron chi connectivity index (χ2n) is 8.92. The van der Waals surface area contributed by atoms with Gasteiger partial charge in [0.15, 0.2) is 5.13 Å². The zero-order chi connectivity index (χ0) is 25.1. The number of halogens is 1. The molecule has 0 bridgehead atoms. The molecule has 2 aromatic carbocycles. The monoisotopic (exact) mass is 524 g/mol. The zero-order valence-corrected chi connectivity index (χ0v) is 21.8. The van der Waals surface area contributed by atoms with Crippen molar-refractivity contribution in [2.75, 3.05) is 43.0 Å². The smallest absolute Gasteiger partial charge is 0.261 e. The van der Waals surface area contributed by atoms with Gasteiger partial charge in [-0.2, -0.15) is 0 Å². The average molecular weight is 525 g/mol. The van der Waals surface area contributed by atoms with Gasteiger partial charge in [0.2, 0.25) is 5.91 Å². The number of anilines is 2. The lowest BCUT2D eigenvalue weighted by Crippen LogP contribution is -2.50. The number of fused-ring (bicyclic) bond motifs is 1. The molecule has 0 radical (unpaired) electrons. The summed E-state index contributed by atoms with van der Waals surface area (Å²) in [6.45, 7) is 5.15. The quantitative estimate of drug-likeness (QED) is 0.478. The van der Waals surface area contributed by atoms with Crippen LogP contribution in [-0.2, 0) is 11.2 Å². The molecule has 0 saturated carbocycles. The summed E-state index contributed by atoms with van der Waals surface area (Å²) in [7, 11) is 0. The van der Waals surface area contributed by atoms with E-state index in [4.69, 9.17) is 21.3 Å². The molecule has 1 fully saturated rings. The lowest BCUT2D eigenvalue weighted by molar-refractivity contribution is -0.133. The lowest BCUT2D eigenvalue weighted by Gasteiger charge is -2.38. The van der Waals surface area contributed by atoms with E-state index < -0.39 is 0 Å². The maximum atomic E-state index is 13.5. The van der Waals surface area contributed by atoms with Crippen LogP contribution in [0.25, 0.3) is 0 Å². The Labute approximate surface area is 220 Å². The number of rotatable bonds is 6. The summed E-state index contributed by atoms with van der Waals surface area (Å²) in [6.07, 6.45) is 2.59. The molecule has 1 N–H and O–H groups in total. The zero-order valence-electron chi connectivity index (χ0n) is 20.2. The number of aryl methyl sites for hydroxylation is 1. The van der Waals surface area contributed by atoms with Crippen molar-refractivity contribution in [1.82, 2.24) is 9.88 Å². The largest absolute Gasteiger partial charge is 0.493 e. The summed E-state index contributed by atoms with van der Waals surface area (Å²) in [5.74, 6) is 0.143. The van der Waals surface area contributed by atoms with Crippen molar-refractivity contribution >= 4 is 45.6 Å². The first-order valence-corrected chi connectivity index (χ1v) is 13.6. The number of hydrogen-bond donors (Lipinski definition) is 1. The standard InChI is InChI=1S/C27H29ClN4O3S/c1-2-35-22-12-6-3-8-18(22)25(33)30-27-29-24-19(9-7-13-23(24)36-27)26(34)32-16-14-31(15-17-32)21-11-5-4-10-20(21)28/h3-6,8,10-12,19H,2,7,9,13-17H2,1H3,(H,29,30,33). The van der Waals surface area contributed by atoms with Crippen molar-refractivity contribution in [2.45, 2.75) is 32.1 Å². The van der Waals surface area contributed by atoms with Crippen molar-refractivity contribution in [1.29, 1.82) is 0 Å². The highest BCUT2D eigenvalue weighted by Crippen LogP contribution is 2.38. The number of hydrogen-bond acceptors (Lipinski definition) is 6. The summed E-state index contributed by atoms with van der Waals surface area (Å²) in [6, 6.07) is 15.0. The number of nitrogens with zero attached hydrogens (tertiary/aromatic N) is 3. The van der Waals surface area contributed by atoms with Gasteiger partial charge in [-0.15, -0.1) is 11.3 Å². The van der Waals surface area contributed by atoms with E-state index in [2.05, 4.69) is 10.2 Å². The average Bonchev–Trinajstić information content (AvgIpc) is 3.32. The second kappa shape index (κ2) is 10.9. The highest BCUT2D eigenvalue weighted by molar-refractivity contribution is 7.16. The molecule has 1 saturated heterocycles. The van der Waals surface area contributed by atoms with Crippen molar-refractivity contribution in [3.63, 3.8) is 0 Å². The number of carbonyl (C=O) groups excluding carboxylic acids is 2. The van der Waals surface area contributed by atoms with Gasteiger partial charge in [0, 0.05) is 31.1 Å². The lowest BCUT2D eigenvalue weighted by atomic mass is 9.89. The Balaban J connectivity index is 1.27. The van der Waals surface area contributed by atoms with Crippen LogP contribution in [0, 0.1) is 0 Å². The third-order valence-electron chi connectivity index (χ3n) is 6.69. The van der Waals surface area contributed by atoms with Gasteiger partial charge in [-0.05, 0) is 50.5 Å². The Morgan fingerprint density at radius 1 is 1.11 bits per heavy atom. The number of piperazine rings is 1. The number of nitrogens with one attached hydrogen (secondary N) is 1. The Morgan fingerprint density at radius 2 is 1.86 bits per heavy atom. The summed E-state index contributed by atoms with van der Waals surface area (Å²) in [5, 5.41) is 4.19. The fourth-order valence-corrected chi connectivity index (χ4v) is 6.22. The molecule has 36 heavy (non-hydrogen) atoms. The van der Waals surface area contributed by atoms with Crippen molar-refractivity contribution in [2.24, 2.45) is 0 Å². The van der Waals surface area contributed by atoms with Crippen LogP contribution in [-0.4, -0.2) is 54.5 Å². The van der Waals surface area contributed by atoms with E-state index in [1.54, 1.807) is 12.1 Å². The molecule has 3 aromatic rings. The minimum absolute atomic E-state index is 0.125. The normalized spacial score (nSPS) is 17.4. The first-order chi connectivity index (χ1) is 17.5. The second-order valence-corrected chi connectivity index (χ2v) is 10.4. The summed E-state index contributed by atoms with van der Waals surface area (Å²) < 4.78 is 5.60. The topological polar surface area (TPSA) is 74.8 Å². The molecule has 0 spiro atoms. The molecule has 1 atom stereocenters. The van der Waals surface area contributed by atoms with Crippen LogP contribution >= 0.6 is 22.9 Å². The third-order valence-corrected chi connectivity index (χ3v) is 8.05. The predicted octanol–water partition coefficient (Wildman–Crippen LogP) is 5.22. The van der Waals surface area contributed by atoms with E-state index in [1.807, 2.05) is 48.2 Å². The van der Waals surface area contributed by atoms with Gasteiger partial charge in [-0.3, -0.25) is 14.9 Å². The molecule has 5 rings (SSSR count). The third kappa shape index (κ3) is 5.06. The SMILES string of the molecule is CCOc1ccccc1C(=O)Nc1nc2c(s1)CCCC2C(=O)N1CCN(c2ccccc2Cl)CC1. The Morgan fingerprint density at radius 3 is 2.64 bits per heavy atom. The van der Waals surface area contributed by atoms with E-state index in [9.17, 15) is 9.59 Å². The molecule has 2 amide bonds. The molecule has 1 aliphatic carbocycles. The summed E-state index contributed by atoms with van der Waals surface area (Å²) in [4.78, 5) is 36.5.